The summed E-state index contributed by atoms with van der Waals surface area (Å²) >= 11 is 6.47. The molecule has 0 aliphatic carbocycles. The minimum absolute atomic E-state index is 0.0201. The largest absolute Gasteiger partial charge is 0.460 e. The Hall–Kier alpha value is -1.49. The number of rotatable bonds is 19. The predicted molar refractivity (Wildman–Crippen MR) is 208 cm³/mol. The molecular formula is C34H46I3N3O5. The first-order valence-electron chi connectivity index (χ1n) is 15.5. The molecule has 8 nitrogen and oxygen atoms in total. The van der Waals surface area contributed by atoms with E-state index in [1.54, 1.807) is 0 Å². The summed E-state index contributed by atoms with van der Waals surface area (Å²) in [6.07, 6.45) is 10.5. The summed E-state index contributed by atoms with van der Waals surface area (Å²) in [7, 11) is 0. The van der Waals surface area contributed by atoms with Crippen molar-refractivity contribution >= 4 is 108 Å². The fraction of sp³-hybridized carbons (Fsp3) is 0.529. The summed E-state index contributed by atoms with van der Waals surface area (Å²) in [5.41, 5.74) is 3.41. The summed E-state index contributed by atoms with van der Waals surface area (Å²) < 4.78 is 7.60. The number of nitrogens with one attached hydrogen (secondary N) is 3. The number of ketones is 2. The maximum atomic E-state index is 13.5. The maximum absolute atomic E-state index is 13.5. The molecule has 0 radical (unpaired) electrons. The van der Waals surface area contributed by atoms with Crippen molar-refractivity contribution in [3.8, 4) is 0 Å². The number of hydrogen-bond acceptors (Lipinski definition) is 7. The summed E-state index contributed by atoms with van der Waals surface area (Å²) in [5, 5.41) is 9.36. The normalized spacial score (nSPS) is 11.2. The molecule has 0 saturated carbocycles. The van der Waals surface area contributed by atoms with Crippen LogP contribution in [0, 0.1) is 10.7 Å². The maximum Gasteiger partial charge on any atom is 0.306 e. The van der Waals surface area contributed by atoms with Crippen molar-refractivity contribution in [2.24, 2.45) is 0 Å². The lowest BCUT2D eigenvalue weighted by Crippen LogP contribution is -2.23. The van der Waals surface area contributed by atoms with Crippen LogP contribution in [0.15, 0.2) is 24.3 Å². The van der Waals surface area contributed by atoms with E-state index in [0.717, 1.165) is 35.7 Å². The molecule has 2 aromatic carbocycles. The van der Waals surface area contributed by atoms with Crippen LogP contribution in [0.2, 0.25) is 0 Å². The highest BCUT2D eigenvalue weighted by Gasteiger charge is 2.25. The van der Waals surface area contributed by atoms with Crippen molar-refractivity contribution in [1.82, 2.24) is 0 Å². The van der Waals surface area contributed by atoms with Crippen LogP contribution in [0.25, 0.3) is 0 Å². The minimum atomic E-state index is -0.405. The standard InChI is InChI=1S/C34H46I3N3O5/c1-22(41)20-38-31-28(35)27(29(36)32(30(31)37)39-21-23(2)42)33(44)40-25-18-16-24(17-19-25)14-12-10-8-6-7-9-11-13-15-26(43)45-34(3,4)5/h16-19,38-39H,6-15,20-21H2,1-5H3,(H,40,44). The van der Waals surface area contributed by atoms with Crippen molar-refractivity contribution in [3.05, 3.63) is 46.1 Å². The van der Waals surface area contributed by atoms with Gasteiger partial charge in [0.15, 0.2) is 0 Å². The number of anilines is 3. The number of hydrogen-bond donors (Lipinski definition) is 3. The molecule has 0 aliphatic rings. The van der Waals surface area contributed by atoms with Gasteiger partial charge in [0.25, 0.3) is 5.91 Å². The van der Waals surface area contributed by atoms with Crippen molar-refractivity contribution in [2.45, 2.75) is 104 Å². The molecule has 11 heteroatoms. The Morgan fingerprint density at radius 2 is 1.16 bits per heavy atom. The first-order chi connectivity index (χ1) is 21.2. The first-order valence-corrected chi connectivity index (χ1v) is 18.7. The van der Waals surface area contributed by atoms with Crippen LogP contribution in [0.3, 0.4) is 0 Å². The number of amides is 1. The second-order valence-corrected chi connectivity index (χ2v) is 15.5. The first kappa shape index (κ1) is 39.7. The fourth-order valence-corrected chi connectivity index (χ4v) is 9.02. The highest BCUT2D eigenvalue weighted by molar-refractivity contribution is 14.1. The van der Waals surface area contributed by atoms with Gasteiger partial charge in [0.1, 0.15) is 17.2 Å². The molecule has 0 fully saturated rings. The van der Waals surface area contributed by atoms with Crippen molar-refractivity contribution in [3.63, 3.8) is 0 Å². The van der Waals surface area contributed by atoms with Gasteiger partial charge in [-0.05, 0) is 139 Å². The van der Waals surface area contributed by atoms with Gasteiger partial charge in [0.2, 0.25) is 0 Å². The van der Waals surface area contributed by atoms with Crippen LogP contribution in [0.5, 0.6) is 0 Å². The Balaban J connectivity index is 1.86. The molecule has 0 spiro atoms. The molecule has 0 unspecified atom stereocenters. The number of unbranched alkanes of at least 4 members (excludes halogenated alkanes) is 7. The highest BCUT2D eigenvalue weighted by Crippen LogP contribution is 2.39. The molecule has 0 saturated heterocycles. The quantitative estimate of drug-likeness (QED) is 0.0732. The summed E-state index contributed by atoms with van der Waals surface area (Å²) in [5.74, 6) is -0.397. The lowest BCUT2D eigenvalue weighted by Gasteiger charge is -2.20. The van der Waals surface area contributed by atoms with E-state index in [-0.39, 0.29) is 36.5 Å². The number of esters is 1. The second kappa shape index (κ2) is 20.0. The van der Waals surface area contributed by atoms with Crippen LogP contribution in [0.1, 0.15) is 108 Å². The molecule has 0 aromatic heterocycles. The van der Waals surface area contributed by atoms with E-state index >= 15 is 0 Å². The van der Waals surface area contributed by atoms with Crippen LogP contribution in [-0.2, 0) is 25.5 Å². The fourth-order valence-electron chi connectivity index (χ4n) is 4.60. The van der Waals surface area contributed by atoms with E-state index in [1.807, 2.05) is 32.9 Å². The van der Waals surface area contributed by atoms with E-state index < -0.39 is 5.60 Å². The number of carbonyl (C=O) groups excluding carboxylic acids is 4. The second-order valence-electron chi connectivity index (χ2n) is 12.2. The third-order valence-corrected chi connectivity index (χ3v) is 10.0. The summed E-state index contributed by atoms with van der Waals surface area (Å²) in [6.45, 7) is 8.98. The molecule has 248 valence electrons. The van der Waals surface area contributed by atoms with E-state index in [0.29, 0.717) is 36.2 Å². The Labute approximate surface area is 309 Å². The zero-order valence-electron chi connectivity index (χ0n) is 27.0. The Morgan fingerprint density at radius 1 is 0.689 bits per heavy atom. The van der Waals surface area contributed by atoms with Gasteiger partial charge in [0.05, 0.1) is 40.7 Å². The van der Waals surface area contributed by atoms with E-state index in [1.165, 1.54) is 45.1 Å². The Bertz CT molecular complexity index is 1280. The van der Waals surface area contributed by atoms with Gasteiger partial charge in [0, 0.05) is 12.1 Å². The third-order valence-electron chi connectivity index (χ3n) is 6.80. The molecular weight excluding hydrogens is 911 g/mol. The number of carbonyl (C=O) groups is 4. The lowest BCUT2D eigenvalue weighted by molar-refractivity contribution is -0.155. The molecule has 0 bridgehead atoms. The minimum Gasteiger partial charge on any atom is -0.460 e. The van der Waals surface area contributed by atoms with Crippen LogP contribution < -0.4 is 16.0 Å². The molecule has 2 aromatic rings. The van der Waals surface area contributed by atoms with E-state index in [4.69, 9.17) is 4.74 Å². The zero-order chi connectivity index (χ0) is 33.6. The van der Waals surface area contributed by atoms with Gasteiger partial charge in [-0.15, -0.1) is 0 Å². The molecule has 3 N–H and O–H groups in total. The van der Waals surface area contributed by atoms with Crippen molar-refractivity contribution in [1.29, 1.82) is 0 Å². The average molecular weight is 957 g/mol. The van der Waals surface area contributed by atoms with Gasteiger partial charge in [-0.25, -0.2) is 0 Å². The topological polar surface area (TPSA) is 114 Å². The van der Waals surface area contributed by atoms with E-state index in [2.05, 4.69) is 95.9 Å². The van der Waals surface area contributed by atoms with Crippen LogP contribution in [-0.4, -0.2) is 42.1 Å². The smallest absolute Gasteiger partial charge is 0.306 e. The molecule has 1 amide bonds. The SMILES string of the molecule is CC(=O)CNc1c(I)c(NCC(C)=O)c(I)c(C(=O)Nc2ccc(CCCCCCCCCCC(=O)OC(C)(C)C)cc2)c1I. The summed E-state index contributed by atoms with van der Waals surface area (Å²) in [4.78, 5) is 48.7. The number of ether oxygens (including phenoxy) is 1. The molecule has 45 heavy (non-hydrogen) atoms. The summed E-state index contributed by atoms with van der Waals surface area (Å²) in [6, 6.07) is 7.98. The number of aryl methyl sites for hydroxylation is 1. The van der Waals surface area contributed by atoms with Gasteiger partial charge in [-0.3, -0.25) is 19.2 Å². The number of halogens is 3. The van der Waals surface area contributed by atoms with E-state index in [9.17, 15) is 19.2 Å². The average Bonchev–Trinajstić information content (AvgIpc) is 2.93. The molecule has 0 aliphatic heterocycles. The van der Waals surface area contributed by atoms with Crippen molar-refractivity contribution in [2.75, 3.05) is 29.0 Å². The predicted octanol–water partition coefficient (Wildman–Crippen LogP) is 9.15. The zero-order valence-corrected chi connectivity index (χ0v) is 33.4. The monoisotopic (exact) mass is 957 g/mol. The third kappa shape index (κ3) is 14.9. The Morgan fingerprint density at radius 3 is 1.62 bits per heavy atom. The lowest BCUT2D eigenvalue weighted by atomic mass is 10.0. The van der Waals surface area contributed by atoms with Gasteiger partial charge < -0.3 is 20.7 Å². The highest BCUT2D eigenvalue weighted by atomic mass is 127. The Kier molecular flexibility index (Phi) is 17.6. The van der Waals surface area contributed by atoms with Gasteiger partial charge in [-0.1, -0.05) is 50.7 Å². The van der Waals surface area contributed by atoms with Crippen molar-refractivity contribution < 1.29 is 23.9 Å². The molecule has 0 atom stereocenters. The van der Waals surface area contributed by atoms with Crippen LogP contribution >= 0.6 is 67.8 Å². The van der Waals surface area contributed by atoms with Gasteiger partial charge in [-0.2, -0.15) is 0 Å². The molecule has 0 heterocycles. The van der Waals surface area contributed by atoms with Gasteiger partial charge >= 0.3 is 5.97 Å². The molecule has 2 rings (SSSR count). The van der Waals surface area contributed by atoms with Crippen LogP contribution in [0.4, 0.5) is 17.1 Å². The number of Topliss-reactive ketones (excluding diaryl/α,β-unsaturated/α-hetero) is 2. The number of benzene rings is 2.